The van der Waals surface area contributed by atoms with Gasteiger partial charge >= 0.3 is 5.97 Å². The molecule has 0 aromatic heterocycles. The SMILES string of the molecule is COC(C)CCOC(=O)c1cccc(C)c1. The van der Waals surface area contributed by atoms with Crippen molar-refractivity contribution in [3.8, 4) is 0 Å². The Kier molecular flexibility index (Phi) is 4.99. The summed E-state index contributed by atoms with van der Waals surface area (Å²) in [6, 6.07) is 7.38. The summed E-state index contributed by atoms with van der Waals surface area (Å²) in [6.45, 7) is 4.28. The number of rotatable bonds is 5. The Morgan fingerprint density at radius 2 is 2.19 bits per heavy atom. The summed E-state index contributed by atoms with van der Waals surface area (Å²) >= 11 is 0. The average molecular weight is 222 g/mol. The second-order valence-corrected chi connectivity index (χ2v) is 3.84. The van der Waals surface area contributed by atoms with E-state index in [1.54, 1.807) is 13.2 Å². The summed E-state index contributed by atoms with van der Waals surface area (Å²) in [5.41, 5.74) is 1.66. The van der Waals surface area contributed by atoms with E-state index in [1.807, 2.05) is 32.0 Å². The van der Waals surface area contributed by atoms with Gasteiger partial charge in [-0.25, -0.2) is 4.79 Å². The van der Waals surface area contributed by atoms with E-state index in [1.165, 1.54) is 0 Å². The van der Waals surface area contributed by atoms with Crippen molar-refractivity contribution in [2.75, 3.05) is 13.7 Å². The summed E-state index contributed by atoms with van der Waals surface area (Å²) in [5.74, 6) is -0.271. The molecule has 0 heterocycles. The fourth-order valence-corrected chi connectivity index (χ4v) is 1.29. The monoisotopic (exact) mass is 222 g/mol. The van der Waals surface area contributed by atoms with Crippen LogP contribution in [0.5, 0.6) is 0 Å². The molecule has 1 rings (SSSR count). The van der Waals surface area contributed by atoms with Gasteiger partial charge in [-0.15, -0.1) is 0 Å². The summed E-state index contributed by atoms with van der Waals surface area (Å²) in [4.78, 5) is 11.6. The number of hydrogen-bond acceptors (Lipinski definition) is 3. The van der Waals surface area contributed by atoms with Crippen LogP contribution in [0.15, 0.2) is 24.3 Å². The van der Waals surface area contributed by atoms with Gasteiger partial charge in [0, 0.05) is 13.5 Å². The topological polar surface area (TPSA) is 35.5 Å². The standard InChI is InChI=1S/C13H18O3/c1-10-5-4-6-12(9-10)13(14)16-8-7-11(2)15-3/h4-6,9,11H,7-8H2,1-3H3. The minimum absolute atomic E-state index is 0.116. The molecule has 0 aliphatic carbocycles. The van der Waals surface area contributed by atoms with Crippen molar-refractivity contribution in [2.45, 2.75) is 26.4 Å². The molecule has 0 aliphatic heterocycles. The van der Waals surface area contributed by atoms with Gasteiger partial charge in [0.25, 0.3) is 0 Å². The number of carbonyl (C=O) groups is 1. The van der Waals surface area contributed by atoms with Crippen LogP contribution in [0.3, 0.4) is 0 Å². The molecule has 0 N–H and O–H groups in total. The molecule has 0 fully saturated rings. The molecule has 3 heteroatoms. The lowest BCUT2D eigenvalue weighted by Crippen LogP contribution is -2.12. The summed E-state index contributed by atoms with van der Waals surface area (Å²) in [7, 11) is 1.65. The minimum Gasteiger partial charge on any atom is -0.462 e. The number of ether oxygens (including phenoxy) is 2. The Hall–Kier alpha value is -1.35. The van der Waals surface area contributed by atoms with Crippen molar-refractivity contribution in [3.05, 3.63) is 35.4 Å². The minimum atomic E-state index is -0.271. The van der Waals surface area contributed by atoms with Gasteiger partial charge in [0.2, 0.25) is 0 Å². The van der Waals surface area contributed by atoms with Crippen LogP contribution >= 0.6 is 0 Å². The first-order chi connectivity index (χ1) is 7.63. The lowest BCUT2D eigenvalue weighted by molar-refractivity contribution is 0.0391. The van der Waals surface area contributed by atoms with Crippen molar-refractivity contribution in [1.82, 2.24) is 0 Å². The Balaban J connectivity index is 2.41. The molecule has 0 saturated carbocycles. The molecule has 3 nitrogen and oxygen atoms in total. The molecule has 1 atom stereocenters. The quantitative estimate of drug-likeness (QED) is 0.718. The van der Waals surface area contributed by atoms with Crippen molar-refractivity contribution in [3.63, 3.8) is 0 Å². The molecule has 0 amide bonds. The largest absolute Gasteiger partial charge is 0.462 e. The fraction of sp³-hybridized carbons (Fsp3) is 0.462. The van der Waals surface area contributed by atoms with Gasteiger partial charge in [-0.2, -0.15) is 0 Å². The maximum atomic E-state index is 11.6. The van der Waals surface area contributed by atoms with E-state index in [9.17, 15) is 4.79 Å². The van der Waals surface area contributed by atoms with Gasteiger partial charge < -0.3 is 9.47 Å². The van der Waals surface area contributed by atoms with Crippen LogP contribution in [-0.2, 0) is 9.47 Å². The Morgan fingerprint density at radius 1 is 1.44 bits per heavy atom. The van der Waals surface area contributed by atoms with Crippen molar-refractivity contribution >= 4 is 5.97 Å². The maximum absolute atomic E-state index is 11.6. The molecular weight excluding hydrogens is 204 g/mol. The van der Waals surface area contributed by atoms with Crippen LogP contribution in [0.2, 0.25) is 0 Å². The zero-order valence-electron chi connectivity index (χ0n) is 10.0. The number of aryl methyl sites for hydroxylation is 1. The highest BCUT2D eigenvalue weighted by Crippen LogP contribution is 2.06. The third-order valence-electron chi connectivity index (χ3n) is 2.41. The molecule has 16 heavy (non-hydrogen) atoms. The number of carbonyl (C=O) groups excluding carboxylic acids is 1. The second kappa shape index (κ2) is 6.28. The predicted octanol–water partition coefficient (Wildman–Crippen LogP) is 2.58. The zero-order valence-corrected chi connectivity index (χ0v) is 10.0. The van der Waals surface area contributed by atoms with Crippen molar-refractivity contribution < 1.29 is 14.3 Å². The molecular formula is C13H18O3. The molecule has 0 saturated heterocycles. The zero-order chi connectivity index (χ0) is 12.0. The molecule has 0 radical (unpaired) electrons. The molecule has 0 bridgehead atoms. The predicted molar refractivity (Wildman–Crippen MR) is 62.5 cm³/mol. The lowest BCUT2D eigenvalue weighted by atomic mass is 10.1. The van der Waals surface area contributed by atoms with Crippen LogP contribution in [0, 0.1) is 6.92 Å². The van der Waals surface area contributed by atoms with Gasteiger partial charge in [-0.3, -0.25) is 0 Å². The number of hydrogen-bond donors (Lipinski definition) is 0. The molecule has 1 aromatic rings. The Morgan fingerprint density at radius 3 is 2.81 bits per heavy atom. The third kappa shape index (κ3) is 4.03. The highest BCUT2D eigenvalue weighted by atomic mass is 16.5. The Labute approximate surface area is 96.4 Å². The van der Waals surface area contributed by atoms with E-state index >= 15 is 0 Å². The van der Waals surface area contributed by atoms with E-state index in [4.69, 9.17) is 9.47 Å². The molecule has 1 unspecified atom stereocenters. The van der Waals surface area contributed by atoms with Crippen LogP contribution in [0.25, 0.3) is 0 Å². The lowest BCUT2D eigenvalue weighted by Gasteiger charge is -2.09. The molecule has 0 aliphatic rings. The highest BCUT2D eigenvalue weighted by Gasteiger charge is 2.07. The van der Waals surface area contributed by atoms with Crippen LogP contribution in [0.4, 0.5) is 0 Å². The van der Waals surface area contributed by atoms with Gasteiger partial charge in [-0.05, 0) is 26.0 Å². The molecule has 88 valence electrons. The maximum Gasteiger partial charge on any atom is 0.338 e. The first kappa shape index (κ1) is 12.7. The summed E-state index contributed by atoms with van der Waals surface area (Å²) < 4.78 is 10.2. The summed E-state index contributed by atoms with van der Waals surface area (Å²) in [5, 5.41) is 0. The highest BCUT2D eigenvalue weighted by molar-refractivity contribution is 5.89. The van der Waals surface area contributed by atoms with Gasteiger partial charge in [-0.1, -0.05) is 17.7 Å². The van der Waals surface area contributed by atoms with Crippen molar-refractivity contribution in [2.24, 2.45) is 0 Å². The molecule has 1 aromatic carbocycles. The second-order valence-electron chi connectivity index (χ2n) is 3.84. The fourth-order valence-electron chi connectivity index (χ4n) is 1.29. The van der Waals surface area contributed by atoms with Gasteiger partial charge in [0.15, 0.2) is 0 Å². The van der Waals surface area contributed by atoms with E-state index in [2.05, 4.69) is 0 Å². The smallest absolute Gasteiger partial charge is 0.338 e. The van der Waals surface area contributed by atoms with Gasteiger partial charge in [0.1, 0.15) is 0 Å². The number of benzene rings is 1. The average Bonchev–Trinajstić information content (AvgIpc) is 2.28. The summed E-state index contributed by atoms with van der Waals surface area (Å²) in [6.07, 6.45) is 0.832. The Bertz CT molecular complexity index is 347. The number of esters is 1. The van der Waals surface area contributed by atoms with Gasteiger partial charge in [0.05, 0.1) is 18.3 Å². The third-order valence-corrected chi connectivity index (χ3v) is 2.41. The van der Waals surface area contributed by atoms with E-state index in [0.717, 1.165) is 5.56 Å². The number of methoxy groups -OCH3 is 1. The van der Waals surface area contributed by atoms with Crippen LogP contribution in [-0.4, -0.2) is 25.8 Å². The van der Waals surface area contributed by atoms with Crippen LogP contribution < -0.4 is 0 Å². The van der Waals surface area contributed by atoms with E-state index in [-0.39, 0.29) is 12.1 Å². The van der Waals surface area contributed by atoms with Crippen LogP contribution in [0.1, 0.15) is 29.3 Å². The first-order valence-corrected chi connectivity index (χ1v) is 5.40. The van der Waals surface area contributed by atoms with E-state index in [0.29, 0.717) is 18.6 Å². The normalized spacial score (nSPS) is 12.2. The first-order valence-electron chi connectivity index (χ1n) is 5.40. The van der Waals surface area contributed by atoms with Crippen molar-refractivity contribution in [1.29, 1.82) is 0 Å². The molecule has 0 spiro atoms. The van der Waals surface area contributed by atoms with E-state index < -0.39 is 0 Å².